The molecule has 0 aliphatic carbocycles. The van der Waals surface area contributed by atoms with Crippen LogP contribution in [0.25, 0.3) is 0 Å². The van der Waals surface area contributed by atoms with Gasteiger partial charge in [0.1, 0.15) is 5.75 Å². The fourth-order valence-electron chi connectivity index (χ4n) is 1.44. The Kier molecular flexibility index (Phi) is 5.16. The maximum absolute atomic E-state index is 9.67. The minimum absolute atomic E-state index is 0.118. The van der Waals surface area contributed by atoms with Gasteiger partial charge in [-0.15, -0.1) is 0 Å². The molecule has 2 rings (SSSR count). The fourth-order valence-corrected chi connectivity index (χ4v) is 2.72. The van der Waals surface area contributed by atoms with E-state index in [1.165, 1.54) is 6.21 Å². The smallest absolute Gasteiger partial charge is 0.124 e. The van der Waals surface area contributed by atoms with Crippen molar-refractivity contribution in [1.29, 1.82) is 0 Å². The van der Waals surface area contributed by atoms with Crippen LogP contribution in [0.1, 0.15) is 5.56 Å². The van der Waals surface area contributed by atoms with Gasteiger partial charge in [0, 0.05) is 15.1 Å². The van der Waals surface area contributed by atoms with E-state index in [4.69, 9.17) is 34.8 Å². The molecule has 2 aromatic carbocycles. The highest BCUT2D eigenvalue weighted by Crippen LogP contribution is 2.33. The first kappa shape index (κ1) is 15.4. The molecule has 0 amide bonds. The Morgan fingerprint density at radius 2 is 1.75 bits per heavy atom. The van der Waals surface area contributed by atoms with Crippen molar-refractivity contribution in [3.8, 4) is 5.75 Å². The topological polar surface area (TPSA) is 44.6 Å². The lowest BCUT2D eigenvalue weighted by atomic mass is 10.2. The number of phenolic OH excluding ortho intramolecular Hbond substituents is 1. The number of phenols is 1. The summed E-state index contributed by atoms with van der Waals surface area (Å²) in [5.74, 6) is 0.118. The molecule has 20 heavy (non-hydrogen) atoms. The van der Waals surface area contributed by atoms with Gasteiger partial charge in [0.25, 0.3) is 0 Å². The van der Waals surface area contributed by atoms with Crippen molar-refractivity contribution in [2.24, 2.45) is 5.10 Å². The van der Waals surface area contributed by atoms with Crippen LogP contribution in [-0.4, -0.2) is 11.3 Å². The summed E-state index contributed by atoms with van der Waals surface area (Å²) in [6.07, 6.45) is 1.46. The molecule has 104 valence electrons. The lowest BCUT2D eigenvalue weighted by molar-refractivity contribution is 0.474. The third-order valence-electron chi connectivity index (χ3n) is 2.38. The molecule has 0 radical (unpaired) electrons. The molecule has 2 N–H and O–H groups in total. The van der Waals surface area contributed by atoms with Crippen molar-refractivity contribution >= 4 is 62.6 Å². The third-order valence-corrected chi connectivity index (χ3v) is 3.68. The highest BCUT2D eigenvalue weighted by Gasteiger charge is 2.06. The first-order valence-corrected chi connectivity index (χ1v) is 7.32. The summed E-state index contributed by atoms with van der Waals surface area (Å²) in [4.78, 5) is 0. The first-order valence-electron chi connectivity index (χ1n) is 5.39. The van der Waals surface area contributed by atoms with Crippen LogP contribution in [0, 0.1) is 0 Å². The van der Waals surface area contributed by atoms with Gasteiger partial charge in [0.05, 0.1) is 21.9 Å². The van der Waals surface area contributed by atoms with Crippen molar-refractivity contribution in [3.05, 3.63) is 55.4 Å². The highest BCUT2D eigenvalue weighted by molar-refractivity contribution is 9.10. The number of benzene rings is 2. The molecule has 0 saturated heterocycles. The van der Waals surface area contributed by atoms with Crippen molar-refractivity contribution in [2.75, 3.05) is 5.43 Å². The van der Waals surface area contributed by atoms with E-state index in [0.29, 0.717) is 26.3 Å². The quantitative estimate of drug-likeness (QED) is 0.529. The third kappa shape index (κ3) is 3.79. The van der Waals surface area contributed by atoms with Crippen LogP contribution in [0.2, 0.25) is 15.1 Å². The van der Waals surface area contributed by atoms with Crippen LogP contribution in [0.5, 0.6) is 5.75 Å². The van der Waals surface area contributed by atoms with Crippen molar-refractivity contribution in [2.45, 2.75) is 0 Å². The second-order valence-electron chi connectivity index (χ2n) is 3.82. The minimum atomic E-state index is 0.118. The van der Waals surface area contributed by atoms with E-state index in [-0.39, 0.29) is 5.75 Å². The summed E-state index contributed by atoms with van der Waals surface area (Å²) in [6.45, 7) is 0. The molecule has 0 bridgehead atoms. The van der Waals surface area contributed by atoms with Crippen LogP contribution < -0.4 is 5.43 Å². The molecule has 2 aromatic rings. The van der Waals surface area contributed by atoms with Crippen molar-refractivity contribution in [1.82, 2.24) is 0 Å². The molecule has 0 aromatic heterocycles. The van der Waals surface area contributed by atoms with Crippen molar-refractivity contribution < 1.29 is 5.11 Å². The monoisotopic (exact) mass is 392 g/mol. The maximum atomic E-state index is 9.67. The number of halogens is 4. The van der Waals surface area contributed by atoms with Gasteiger partial charge < -0.3 is 5.11 Å². The van der Waals surface area contributed by atoms with E-state index in [1.54, 1.807) is 30.3 Å². The van der Waals surface area contributed by atoms with Gasteiger partial charge in [-0.25, -0.2) is 0 Å². The van der Waals surface area contributed by atoms with E-state index >= 15 is 0 Å². The average Bonchev–Trinajstić information content (AvgIpc) is 2.36. The SMILES string of the molecule is Oc1ccc(Br)cc1/C=N\Nc1c(Cl)cc(Cl)cc1Cl. The largest absolute Gasteiger partial charge is 0.507 e. The molecule has 0 spiro atoms. The van der Waals surface area contributed by atoms with Gasteiger partial charge in [-0.2, -0.15) is 5.10 Å². The number of nitrogens with zero attached hydrogens (tertiary/aromatic N) is 1. The summed E-state index contributed by atoms with van der Waals surface area (Å²) in [5.41, 5.74) is 3.72. The van der Waals surface area contributed by atoms with Crippen molar-refractivity contribution in [3.63, 3.8) is 0 Å². The van der Waals surface area contributed by atoms with E-state index in [2.05, 4.69) is 26.5 Å². The lowest BCUT2D eigenvalue weighted by Crippen LogP contribution is -1.93. The lowest BCUT2D eigenvalue weighted by Gasteiger charge is -2.06. The van der Waals surface area contributed by atoms with E-state index in [1.807, 2.05) is 0 Å². The second-order valence-corrected chi connectivity index (χ2v) is 5.98. The molecule has 0 aliphatic heterocycles. The molecule has 0 saturated carbocycles. The Labute approximate surface area is 139 Å². The molecule has 0 aliphatic rings. The van der Waals surface area contributed by atoms with Gasteiger partial charge in [-0.05, 0) is 30.3 Å². The average molecular weight is 394 g/mol. The van der Waals surface area contributed by atoms with Crippen LogP contribution in [-0.2, 0) is 0 Å². The normalized spacial score (nSPS) is 11.0. The van der Waals surface area contributed by atoms with Crippen LogP contribution in [0.4, 0.5) is 5.69 Å². The molecule has 0 unspecified atom stereocenters. The standard InChI is InChI=1S/C13H8BrCl3N2O/c14-8-1-2-12(20)7(3-8)6-18-19-13-10(16)4-9(15)5-11(13)17/h1-6,19-20H/b18-6-. The molecule has 0 heterocycles. The van der Waals surface area contributed by atoms with Crippen LogP contribution in [0.15, 0.2) is 39.9 Å². The number of rotatable bonds is 3. The van der Waals surface area contributed by atoms with Gasteiger partial charge in [0.15, 0.2) is 0 Å². The number of aromatic hydroxyl groups is 1. The fraction of sp³-hybridized carbons (Fsp3) is 0. The Hall–Kier alpha value is -0.940. The summed E-state index contributed by atoms with van der Waals surface area (Å²) >= 11 is 21.2. The Morgan fingerprint density at radius 1 is 1.10 bits per heavy atom. The second kappa shape index (κ2) is 6.68. The van der Waals surface area contributed by atoms with Gasteiger partial charge in [0.2, 0.25) is 0 Å². The summed E-state index contributed by atoms with van der Waals surface area (Å²) in [5, 5.41) is 14.8. The van der Waals surface area contributed by atoms with Gasteiger partial charge >= 0.3 is 0 Å². The minimum Gasteiger partial charge on any atom is -0.507 e. The summed E-state index contributed by atoms with van der Waals surface area (Å²) in [7, 11) is 0. The zero-order valence-electron chi connectivity index (χ0n) is 9.87. The molecule has 0 fully saturated rings. The number of hydrazone groups is 1. The van der Waals surface area contributed by atoms with E-state index in [9.17, 15) is 5.11 Å². The van der Waals surface area contributed by atoms with Gasteiger partial charge in [-0.3, -0.25) is 5.43 Å². The number of hydrogen-bond acceptors (Lipinski definition) is 3. The number of anilines is 1. The molecule has 3 nitrogen and oxygen atoms in total. The highest BCUT2D eigenvalue weighted by atomic mass is 79.9. The summed E-state index contributed by atoms with van der Waals surface area (Å²) < 4.78 is 0.833. The molecule has 7 heteroatoms. The Balaban J connectivity index is 2.20. The number of hydrogen-bond donors (Lipinski definition) is 2. The predicted octanol–water partition coefficient (Wildman–Crippen LogP) is 5.56. The Bertz CT molecular complexity index is 654. The summed E-state index contributed by atoms with van der Waals surface area (Å²) in [6, 6.07) is 8.14. The van der Waals surface area contributed by atoms with Crippen LogP contribution in [0.3, 0.4) is 0 Å². The Morgan fingerprint density at radius 3 is 2.40 bits per heavy atom. The first-order chi connectivity index (χ1) is 9.47. The zero-order chi connectivity index (χ0) is 14.7. The van der Waals surface area contributed by atoms with E-state index in [0.717, 1.165) is 4.47 Å². The predicted molar refractivity (Wildman–Crippen MR) is 88.5 cm³/mol. The number of nitrogens with one attached hydrogen (secondary N) is 1. The van der Waals surface area contributed by atoms with Crippen LogP contribution >= 0.6 is 50.7 Å². The van der Waals surface area contributed by atoms with E-state index < -0.39 is 0 Å². The molecular formula is C13H8BrCl3N2O. The van der Waals surface area contributed by atoms with Gasteiger partial charge in [-0.1, -0.05) is 50.7 Å². The maximum Gasteiger partial charge on any atom is 0.124 e. The molecule has 0 atom stereocenters. The zero-order valence-corrected chi connectivity index (χ0v) is 13.7. The molecular weight excluding hydrogens is 386 g/mol.